The molecule has 7 nitrogen and oxygen atoms in total. The van der Waals surface area contributed by atoms with Crippen LogP contribution in [0.2, 0.25) is 0 Å². The largest absolute Gasteiger partial charge is 0.383 e. The van der Waals surface area contributed by atoms with Crippen LogP contribution >= 0.6 is 0 Å². The molecule has 2 rings (SSSR count). The lowest BCUT2D eigenvalue weighted by atomic mass is 10.5. The van der Waals surface area contributed by atoms with Crippen molar-refractivity contribution in [1.82, 2.24) is 14.5 Å². The van der Waals surface area contributed by atoms with Gasteiger partial charge in [0.2, 0.25) is 10.0 Å². The van der Waals surface area contributed by atoms with Crippen LogP contribution in [0, 0.1) is 5.92 Å². The Bertz CT molecular complexity index is 495. The van der Waals surface area contributed by atoms with Gasteiger partial charge in [-0.3, -0.25) is 5.10 Å². The number of nitrogen functional groups attached to an aromatic ring is 1. The zero-order valence-corrected chi connectivity index (χ0v) is 11.1. The summed E-state index contributed by atoms with van der Waals surface area (Å²) in [4.78, 5) is 0.00666. The molecule has 1 aromatic rings. The highest BCUT2D eigenvalue weighted by molar-refractivity contribution is 7.89. The fourth-order valence-corrected chi connectivity index (χ4v) is 2.67. The number of nitrogens with zero attached hydrogens (tertiary/aromatic N) is 2. The molecule has 0 unspecified atom stereocenters. The number of rotatable bonds is 7. The van der Waals surface area contributed by atoms with E-state index in [2.05, 4.69) is 10.2 Å². The van der Waals surface area contributed by atoms with Crippen molar-refractivity contribution >= 4 is 15.8 Å². The number of sulfonamides is 1. The van der Waals surface area contributed by atoms with E-state index in [0.717, 1.165) is 6.61 Å². The highest BCUT2D eigenvalue weighted by atomic mass is 32.2. The minimum Gasteiger partial charge on any atom is -0.383 e. The number of likely N-dealkylation sites (N-methyl/N-ethyl adjacent to an activating group) is 1. The van der Waals surface area contributed by atoms with Crippen molar-refractivity contribution in [3.63, 3.8) is 0 Å². The molecule has 1 aliphatic rings. The summed E-state index contributed by atoms with van der Waals surface area (Å²) in [5.41, 5.74) is 5.51. The van der Waals surface area contributed by atoms with Gasteiger partial charge in [0.25, 0.3) is 0 Å². The smallest absolute Gasteiger partial charge is 0.248 e. The van der Waals surface area contributed by atoms with Crippen molar-refractivity contribution in [2.24, 2.45) is 5.92 Å². The van der Waals surface area contributed by atoms with Crippen LogP contribution < -0.4 is 5.73 Å². The van der Waals surface area contributed by atoms with Crippen LogP contribution in [-0.4, -0.2) is 49.7 Å². The van der Waals surface area contributed by atoms with Gasteiger partial charge in [0, 0.05) is 20.2 Å². The van der Waals surface area contributed by atoms with E-state index < -0.39 is 10.0 Å². The molecule has 0 amide bonds. The zero-order valence-electron chi connectivity index (χ0n) is 10.3. The fraction of sp³-hybridized carbons (Fsp3) is 0.700. The highest BCUT2D eigenvalue weighted by Gasteiger charge is 2.25. The Labute approximate surface area is 106 Å². The second kappa shape index (κ2) is 5.25. The molecule has 18 heavy (non-hydrogen) atoms. The summed E-state index contributed by atoms with van der Waals surface area (Å²) in [5, 5.41) is 6.02. The molecule has 0 radical (unpaired) electrons. The number of aromatic amines is 1. The van der Waals surface area contributed by atoms with Gasteiger partial charge < -0.3 is 10.5 Å². The first-order valence-corrected chi connectivity index (χ1v) is 7.28. The van der Waals surface area contributed by atoms with Gasteiger partial charge in [0.15, 0.2) is 0 Å². The third kappa shape index (κ3) is 3.01. The van der Waals surface area contributed by atoms with E-state index in [0.29, 0.717) is 19.1 Å². The van der Waals surface area contributed by atoms with E-state index >= 15 is 0 Å². The molecule has 0 saturated heterocycles. The number of aromatic nitrogens is 2. The average Bonchev–Trinajstić information content (AvgIpc) is 3.04. The third-order valence-electron chi connectivity index (χ3n) is 2.92. The molecule has 0 aliphatic heterocycles. The lowest BCUT2D eigenvalue weighted by Gasteiger charge is -2.16. The topological polar surface area (TPSA) is 101 Å². The van der Waals surface area contributed by atoms with Crippen molar-refractivity contribution in [3.8, 4) is 0 Å². The molecule has 3 N–H and O–H groups in total. The molecule has 1 aromatic heterocycles. The summed E-state index contributed by atoms with van der Waals surface area (Å²) in [6.45, 7) is 1.42. The quantitative estimate of drug-likeness (QED) is 0.684. The number of anilines is 1. The van der Waals surface area contributed by atoms with Gasteiger partial charge >= 0.3 is 0 Å². The zero-order chi connectivity index (χ0) is 13.2. The SMILES string of the molecule is CN(CCOCC1CC1)S(=O)(=O)c1cn[nH]c1N. The van der Waals surface area contributed by atoms with E-state index in [1.807, 2.05) is 0 Å². The van der Waals surface area contributed by atoms with E-state index in [4.69, 9.17) is 10.5 Å². The van der Waals surface area contributed by atoms with Crippen LogP contribution in [0.4, 0.5) is 5.82 Å². The lowest BCUT2D eigenvalue weighted by molar-refractivity contribution is 0.117. The maximum atomic E-state index is 12.1. The highest BCUT2D eigenvalue weighted by Crippen LogP contribution is 2.28. The van der Waals surface area contributed by atoms with E-state index in [1.54, 1.807) is 0 Å². The Balaban J connectivity index is 1.86. The van der Waals surface area contributed by atoms with E-state index in [-0.39, 0.29) is 10.7 Å². The molecule has 1 heterocycles. The summed E-state index contributed by atoms with van der Waals surface area (Å²) in [5.74, 6) is 0.734. The fourth-order valence-electron chi connectivity index (χ4n) is 1.51. The Morgan fingerprint density at radius 1 is 1.61 bits per heavy atom. The van der Waals surface area contributed by atoms with Crippen LogP contribution in [0.1, 0.15) is 12.8 Å². The number of nitrogens with one attached hydrogen (secondary N) is 1. The molecule has 1 fully saturated rings. The molecule has 0 spiro atoms. The second-order valence-electron chi connectivity index (χ2n) is 4.49. The van der Waals surface area contributed by atoms with Crippen molar-refractivity contribution in [3.05, 3.63) is 6.20 Å². The van der Waals surface area contributed by atoms with Crippen LogP contribution in [0.25, 0.3) is 0 Å². The van der Waals surface area contributed by atoms with Gasteiger partial charge in [-0.25, -0.2) is 8.42 Å². The molecule has 102 valence electrons. The first-order valence-electron chi connectivity index (χ1n) is 5.84. The van der Waals surface area contributed by atoms with E-state index in [9.17, 15) is 8.42 Å². The first-order chi connectivity index (χ1) is 8.51. The third-order valence-corrected chi connectivity index (χ3v) is 4.81. The summed E-state index contributed by atoms with van der Waals surface area (Å²) in [6, 6.07) is 0. The maximum absolute atomic E-state index is 12.1. The molecule has 8 heteroatoms. The second-order valence-corrected chi connectivity index (χ2v) is 6.51. The monoisotopic (exact) mass is 274 g/mol. The predicted octanol–water partition coefficient (Wildman–Crippen LogP) is 0.0390. The summed E-state index contributed by atoms with van der Waals surface area (Å²) < 4.78 is 30.8. The van der Waals surface area contributed by atoms with Gasteiger partial charge in [-0.1, -0.05) is 0 Å². The number of H-pyrrole nitrogens is 1. The van der Waals surface area contributed by atoms with Gasteiger partial charge in [0.1, 0.15) is 10.7 Å². The Morgan fingerprint density at radius 2 is 2.33 bits per heavy atom. The molecule has 1 saturated carbocycles. The Hall–Kier alpha value is -1.12. The Morgan fingerprint density at radius 3 is 2.89 bits per heavy atom. The number of nitrogens with two attached hydrogens (primary N) is 1. The lowest BCUT2D eigenvalue weighted by Crippen LogP contribution is -2.30. The van der Waals surface area contributed by atoms with Crippen LogP contribution in [0.3, 0.4) is 0 Å². The number of hydrogen-bond donors (Lipinski definition) is 2. The van der Waals surface area contributed by atoms with Crippen LogP contribution in [-0.2, 0) is 14.8 Å². The average molecular weight is 274 g/mol. The molecular weight excluding hydrogens is 256 g/mol. The maximum Gasteiger partial charge on any atom is 0.248 e. The molecule has 0 atom stereocenters. The van der Waals surface area contributed by atoms with Crippen molar-refractivity contribution in [2.45, 2.75) is 17.7 Å². The van der Waals surface area contributed by atoms with Gasteiger partial charge in [-0.15, -0.1) is 0 Å². The van der Waals surface area contributed by atoms with Gasteiger partial charge in [0.05, 0.1) is 12.8 Å². The first kappa shape index (κ1) is 13.3. The normalized spacial score (nSPS) is 16.3. The van der Waals surface area contributed by atoms with Crippen molar-refractivity contribution in [2.75, 3.05) is 32.5 Å². The predicted molar refractivity (Wildman–Crippen MR) is 66.4 cm³/mol. The molecule has 1 aliphatic carbocycles. The number of hydrogen-bond acceptors (Lipinski definition) is 5. The molecular formula is C10H18N4O3S. The molecule has 0 aromatic carbocycles. The van der Waals surface area contributed by atoms with Crippen LogP contribution in [0.15, 0.2) is 11.1 Å². The van der Waals surface area contributed by atoms with Gasteiger partial charge in [-0.05, 0) is 18.8 Å². The van der Waals surface area contributed by atoms with Crippen molar-refractivity contribution in [1.29, 1.82) is 0 Å². The molecule has 0 bridgehead atoms. The van der Waals surface area contributed by atoms with E-state index in [1.165, 1.54) is 30.4 Å². The summed E-state index contributed by atoms with van der Waals surface area (Å²) in [7, 11) is -2.07. The summed E-state index contributed by atoms with van der Waals surface area (Å²) >= 11 is 0. The number of ether oxygens (including phenoxy) is 1. The minimum absolute atomic E-state index is 0.00666. The van der Waals surface area contributed by atoms with Crippen molar-refractivity contribution < 1.29 is 13.2 Å². The summed E-state index contributed by atoms with van der Waals surface area (Å²) in [6.07, 6.45) is 3.66. The Kier molecular flexibility index (Phi) is 3.88. The minimum atomic E-state index is -3.58. The standard InChI is InChI=1S/C10H18N4O3S/c1-14(4-5-17-7-8-2-3-8)18(15,16)9-6-12-13-10(9)11/h6,8H,2-5,7H2,1H3,(H3,11,12,13). The van der Waals surface area contributed by atoms with Gasteiger partial charge in [-0.2, -0.15) is 9.40 Å². The van der Waals surface area contributed by atoms with Crippen LogP contribution in [0.5, 0.6) is 0 Å².